The number of thioether (sulfide) groups is 1. The zero-order valence-electron chi connectivity index (χ0n) is 10.9. The van der Waals surface area contributed by atoms with E-state index in [1.54, 1.807) is 35.4 Å². The summed E-state index contributed by atoms with van der Waals surface area (Å²) < 4.78 is 1.72. The number of amides is 1. The van der Waals surface area contributed by atoms with Crippen LogP contribution in [0.25, 0.3) is 5.82 Å². The normalized spacial score (nSPS) is 17.9. The minimum Gasteiger partial charge on any atom is -0.480 e. The van der Waals surface area contributed by atoms with Crippen molar-refractivity contribution in [2.75, 3.05) is 11.6 Å². The summed E-state index contributed by atoms with van der Waals surface area (Å²) in [7, 11) is 0. The van der Waals surface area contributed by atoms with E-state index < -0.39 is 12.0 Å². The molecule has 0 bridgehead atoms. The molecule has 1 atom stereocenters. The average molecular weight is 304 g/mol. The fourth-order valence-electron chi connectivity index (χ4n) is 2.07. The van der Waals surface area contributed by atoms with E-state index >= 15 is 0 Å². The van der Waals surface area contributed by atoms with Crippen LogP contribution in [0.1, 0.15) is 10.4 Å². The molecule has 2 aromatic rings. The van der Waals surface area contributed by atoms with Crippen LogP contribution in [0.2, 0.25) is 0 Å². The predicted molar refractivity (Wildman–Crippen MR) is 76.3 cm³/mol. The van der Waals surface area contributed by atoms with E-state index in [0.29, 0.717) is 23.0 Å². The maximum absolute atomic E-state index is 12.3. The number of hydrogen-bond donors (Lipinski definition) is 1. The number of rotatable bonds is 3. The molecule has 1 saturated heterocycles. The van der Waals surface area contributed by atoms with Crippen molar-refractivity contribution in [1.29, 1.82) is 0 Å². The zero-order chi connectivity index (χ0) is 14.8. The Morgan fingerprint density at radius 2 is 2.24 bits per heavy atom. The van der Waals surface area contributed by atoms with Gasteiger partial charge >= 0.3 is 5.97 Å². The Bertz CT molecular complexity index is 657. The molecule has 3 heterocycles. The first-order valence-corrected chi connectivity index (χ1v) is 7.38. The highest BCUT2D eigenvalue weighted by Gasteiger charge is 2.35. The minimum absolute atomic E-state index is 0.308. The third-order valence-electron chi connectivity index (χ3n) is 3.19. The van der Waals surface area contributed by atoms with E-state index in [0.717, 1.165) is 0 Å². The molecule has 0 radical (unpaired) electrons. The first kappa shape index (κ1) is 13.6. The number of aromatic nitrogens is 3. The smallest absolute Gasteiger partial charge is 0.327 e. The van der Waals surface area contributed by atoms with Crippen molar-refractivity contribution in [2.45, 2.75) is 6.04 Å². The fourth-order valence-corrected chi connectivity index (χ4v) is 3.22. The van der Waals surface area contributed by atoms with Crippen molar-refractivity contribution in [2.24, 2.45) is 0 Å². The van der Waals surface area contributed by atoms with Crippen LogP contribution >= 0.6 is 11.8 Å². The summed E-state index contributed by atoms with van der Waals surface area (Å²) in [6, 6.07) is 2.58. The summed E-state index contributed by atoms with van der Waals surface area (Å²) in [4.78, 5) is 33.0. The van der Waals surface area contributed by atoms with Crippen LogP contribution in [0.5, 0.6) is 0 Å². The highest BCUT2D eigenvalue weighted by Crippen LogP contribution is 2.23. The molecule has 2 aromatic heterocycles. The molecular weight excluding hydrogens is 292 g/mol. The van der Waals surface area contributed by atoms with Crippen LogP contribution in [0.4, 0.5) is 0 Å². The van der Waals surface area contributed by atoms with Crippen LogP contribution in [0, 0.1) is 0 Å². The number of carboxylic acids is 1. The molecule has 0 aromatic carbocycles. The second-order valence-corrected chi connectivity index (χ2v) is 5.50. The molecule has 1 aliphatic heterocycles. The number of nitrogens with zero attached hydrogens (tertiary/aromatic N) is 4. The summed E-state index contributed by atoms with van der Waals surface area (Å²) in [5, 5.41) is 9.12. The molecule has 1 N–H and O–H groups in total. The lowest BCUT2D eigenvalue weighted by Gasteiger charge is -2.20. The molecule has 1 fully saturated rings. The van der Waals surface area contributed by atoms with E-state index in [-0.39, 0.29) is 5.91 Å². The maximum atomic E-state index is 12.3. The summed E-state index contributed by atoms with van der Waals surface area (Å²) in [5.74, 6) is 0.170. The lowest BCUT2D eigenvalue weighted by atomic mass is 10.2. The molecule has 0 unspecified atom stereocenters. The third-order valence-corrected chi connectivity index (χ3v) is 4.20. The van der Waals surface area contributed by atoms with Crippen molar-refractivity contribution in [3.63, 3.8) is 0 Å². The Balaban J connectivity index is 1.80. The van der Waals surface area contributed by atoms with E-state index in [9.17, 15) is 9.59 Å². The van der Waals surface area contributed by atoms with Crippen molar-refractivity contribution in [1.82, 2.24) is 19.4 Å². The summed E-state index contributed by atoms with van der Waals surface area (Å²) in [6.45, 7) is 0. The monoisotopic (exact) mass is 304 g/mol. The predicted octanol–water partition coefficient (Wildman–Crippen LogP) is 0.867. The highest BCUT2D eigenvalue weighted by molar-refractivity contribution is 7.99. The Morgan fingerprint density at radius 3 is 2.86 bits per heavy atom. The molecule has 7 nitrogen and oxygen atoms in total. The molecule has 1 aliphatic rings. The topological polar surface area (TPSA) is 88.3 Å². The van der Waals surface area contributed by atoms with Gasteiger partial charge in [0.15, 0.2) is 0 Å². The summed E-state index contributed by atoms with van der Waals surface area (Å²) in [5.41, 5.74) is 0.382. The molecular formula is C13H12N4O3S. The summed E-state index contributed by atoms with van der Waals surface area (Å²) in [6.07, 6.45) is 6.46. The lowest BCUT2D eigenvalue weighted by Crippen LogP contribution is -2.41. The van der Waals surface area contributed by atoms with Crippen LogP contribution in [0.3, 0.4) is 0 Å². The van der Waals surface area contributed by atoms with Gasteiger partial charge in [-0.15, -0.1) is 11.8 Å². The minimum atomic E-state index is -0.976. The molecule has 3 rings (SSSR count). The SMILES string of the molecule is O=C(O)[C@@H]1CSCN1C(=O)c1ccc(-n2ccnc2)nc1. The van der Waals surface area contributed by atoms with Crippen LogP contribution < -0.4 is 0 Å². The van der Waals surface area contributed by atoms with Gasteiger partial charge in [-0.05, 0) is 12.1 Å². The summed E-state index contributed by atoms with van der Waals surface area (Å²) >= 11 is 1.43. The first-order chi connectivity index (χ1) is 10.2. The van der Waals surface area contributed by atoms with Crippen molar-refractivity contribution in [3.8, 4) is 5.82 Å². The number of carbonyl (C=O) groups is 2. The van der Waals surface area contributed by atoms with Gasteiger partial charge in [-0.1, -0.05) is 0 Å². The number of imidazole rings is 1. The number of pyridine rings is 1. The number of carbonyl (C=O) groups excluding carboxylic acids is 1. The van der Waals surface area contributed by atoms with E-state index in [4.69, 9.17) is 5.11 Å². The molecule has 0 saturated carbocycles. The third kappa shape index (κ3) is 2.62. The maximum Gasteiger partial charge on any atom is 0.327 e. The van der Waals surface area contributed by atoms with Crippen molar-refractivity contribution >= 4 is 23.6 Å². The Morgan fingerprint density at radius 1 is 1.38 bits per heavy atom. The van der Waals surface area contributed by atoms with Gasteiger partial charge in [-0.2, -0.15) is 0 Å². The van der Waals surface area contributed by atoms with Crippen molar-refractivity contribution in [3.05, 3.63) is 42.6 Å². The van der Waals surface area contributed by atoms with Crippen molar-refractivity contribution < 1.29 is 14.7 Å². The lowest BCUT2D eigenvalue weighted by molar-refractivity contribution is -0.140. The van der Waals surface area contributed by atoms with Crippen LogP contribution in [0.15, 0.2) is 37.1 Å². The highest BCUT2D eigenvalue weighted by atomic mass is 32.2. The fraction of sp³-hybridized carbons (Fsp3) is 0.231. The Labute approximate surface area is 124 Å². The molecule has 0 spiro atoms. The molecule has 0 aliphatic carbocycles. The molecule has 1 amide bonds. The first-order valence-electron chi connectivity index (χ1n) is 6.23. The standard InChI is InChI=1S/C13H12N4O3S/c18-12(17-8-21-6-10(17)13(19)20)9-1-2-11(15-5-9)16-4-3-14-7-16/h1-5,7,10H,6,8H2,(H,19,20)/t10-/m0/s1. The quantitative estimate of drug-likeness (QED) is 0.905. The van der Waals surface area contributed by atoms with Crippen LogP contribution in [-0.2, 0) is 4.79 Å². The molecule has 108 valence electrons. The van der Waals surface area contributed by atoms with Gasteiger partial charge in [-0.3, -0.25) is 9.36 Å². The second kappa shape index (κ2) is 5.57. The van der Waals surface area contributed by atoms with Gasteiger partial charge in [0.2, 0.25) is 0 Å². The van der Waals surface area contributed by atoms with E-state index in [1.165, 1.54) is 22.9 Å². The van der Waals surface area contributed by atoms with Gasteiger partial charge in [0.25, 0.3) is 5.91 Å². The van der Waals surface area contributed by atoms with E-state index in [1.807, 2.05) is 0 Å². The van der Waals surface area contributed by atoms with Crippen LogP contribution in [-0.4, -0.2) is 54.1 Å². The zero-order valence-corrected chi connectivity index (χ0v) is 11.7. The Kier molecular flexibility index (Phi) is 3.61. The second-order valence-electron chi connectivity index (χ2n) is 4.50. The van der Waals surface area contributed by atoms with Gasteiger partial charge in [0.1, 0.15) is 18.2 Å². The largest absolute Gasteiger partial charge is 0.480 e. The number of aliphatic carboxylic acids is 1. The van der Waals surface area contributed by atoms with Gasteiger partial charge < -0.3 is 10.0 Å². The number of carboxylic acid groups (broad SMARTS) is 1. The molecule has 21 heavy (non-hydrogen) atoms. The van der Waals surface area contributed by atoms with Gasteiger partial charge in [0, 0.05) is 24.3 Å². The van der Waals surface area contributed by atoms with Gasteiger partial charge in [0.05, 0.1) is 11.4 Å². The Hall–Kier alpha value is -2.35. The van der Waals surface area contributed by atoms with E-state index in [2.05, 4.69) is 9.97 Å². The number of hydrogen-bond acceptors (Lipinski definition) is 5. The average Bonchev–Trinajstić information content (AvgIpc) is 3.18. The molecule has 8 heteroatoms. The van der Waals surface area contributed by atoms with Gasteiger partial charge in [-0.25, -0.2) is 14.8 Å².